The van der Waals surface area contributed by atoms with Crippen LogP contribution in [0.2, 0.25) is 0 Å². The molecule has 3 atom stereocenters. The van der Waals surface area contributed by atoms with Crippen LogP contribution < -0.4 is 10.6 Å². The fraction of sp³-hybridized carbons (Fsp3) is 0.389. The largest absolute Gasteiger partial charge is 0.349 e. The highest BCUT2D eigenvalue weighted by Gasteiger charge is 2.30. The maximum absolute atomic E-state index is 12.4. The molecule has 1 saturated heterocycles. The maximum Gasteiger partial charge on any atom is 0.225 e. The van der Waals surface area contributed by atoms with Crippen molar-refractivity contribution in [2.45, 2.75) is 19.9 Å². The first kappa shape index (κ1) is 14.1. The van der Waals surface area contributed by atoms with Crippen LogP contribution in [0.25, 0.3) is 10.8 Å². The van der Waals surface area contributed by atoms with E-state index in [1.54, 1.807) is 0 Å². The summed E-state index contributed by atoms with van der Waals surface area (Å²) < 4.78 is 0. The molecule has 21 heavy (non-hydrogen) atoms. The molecule has 0 saturated carbocycles. The predicted octanol–water partition coefficient (Wildman–Crippen LogP) is 2.87. The summed E-state index contributed by atoms with van der Waals surface area (Å²) in [5, 5.41) is 8.89. The SMILES string of the molecule is CC(NC(=O)[C@@H]1CNC[C@H]1C)c1cccc2ccccc12. The van der Waals surface area contributed by atoms with Crippen molar-refractivity contribution in [2.75, 3.05) is 13.1 Å². The lowest BCUT2D eigenvalue weighted by atomic mass is 9.95. The molecule has 1 heterocycles. The molecule has 2 aromatic rings. The van der Waals surface area contributed by atoms with Crippen LogP contribution in [0.5, 0.6) is 0 Å². The lowest BCUT2D eigenvalue weighted by Crippen LogP contribution is -2.36. The summed E-state index contributed by atoms with van der Waals surface area (Å²) in [6.45, 7) is 5.91. The molecule has 110 valence electrons. The Bertz CT molecular complexity index is 647. The van der Waals surface area contributed by atoms with Crippen LogP contribution in [0.1, 0.15) is 25.5 Å². The Kier molecular flexibility index (Phi) is 3.93. The molecule has 1 fully saturated rings. The van der Waals surface area contributed by atoms with E-state index in [4.69, 9.17) is 0 Å². The maximum atomic E-state index is 12.4. The van der Waals surface area contributed by atoms with Gasteiger partial charge in [-0.15, -0.1) is 0 Å². The lowest BCUT2D eigenvalue weighted by molar-refractivity contribution is -0.126. The average Bonchev–Trinajstić information content (AvgIpc) is 2.92. The number of carbonyl (C=O) groups is 1. The van der Waals surface area contributed by atoms with E-state index >= 15 is 0 Å². The zero-order valence-corrected chi connectivity index (χ0v) is 12.6. The number of amides is 1. The zero-order valence-electron chi connectivity index (χ0n) is 12.6. The van der Waals surface area contributed by atoms with Crippen LogP contribution in [0.15, 0.2) is 42.5 Å². The predicted molar refractivity (Wildman–Crippen MR) is 86.0 cm³/mol. The van der Waals surface area contributed by atoms with E-state index < -0.39 is 0 Å². The van der Waals surface area contributed by atoms with Crippen LogP contribution in [-0.4, -0.2) is 19.0 Å². The zero-order chi connectivity index (χ0) is 14.8. The Morgan fingerprint density at radius 2 is 1.95 bits per heavy atom. The van der Waals surface area contributed by atoms with Crippen molar-refractivity contribution >= 4 is 16.7 Å². The van der Waals surface area contributed by atoms with E-state index in [0.717, 1.165) is 13.1 Å². The molecular weight excluding hydrogens is 260 g/mol. The second kappa shape index (κ2) is 5.86. The van der Waals surface area contributed by atoms with Gasteiger partial charge in [0.05, 0.1) is 12.0 Å². The Balaban J connectivity index is 1.81. The summed E-state index contributed by atoms with van der Waals surface area (Å²) in [6, 6.07) is 14.6. The van der Waals surface area contributed by atoms with Crippen molar-refractivity contribution in [1.29, 1.82) is 0 Å². The molecule has 1 amide bonds. The normalized spacial score (nSPS) is 23.1. The Morgan fingerprint density at radius 3 is 2.71 bits per heavy atom. The third-order valence-corrected chi connectivity index (χ3v) is 4.50. The van der Waals surface area contributed by atoms with Gasteiger partial charge in [-0.2, -0.15) is 0 Å². The van der Waals surface area contributed by atoms with Gasteiger partial charge in [0, 0.05) is 6.54 Å². The fourth-order valence-electron chi connectivity index (χ4n) is 3.19. The summed E-state index contributed by atoms with van der Waals surface area (Å²) in [5.41, 5.74) is 1.18. The van der Waals surface area contributed by atoms with E-state index in [-0.39, 0.29) is 17.9 Å². The van der Waals surface area contributed by atoms with Gasteiger partial charge in [-0.1, -0.05) is 49.4 Å². The number of fused-ring (bicyclic) bond motifs is 1. The average molecular weight is 282 g/mol. The summed E-state index contributed by atoms with van der Waals surface area (Å²) in [6.07, 6.45) is 0. The summed E-state index contributed by atoms with van der Waals surface area (Å²) >= 11 is 0. The van der Waals surface area contributed by atoms with Crippen LogP contribution in [-0.2, 0) is 4.79 Å². The summed E-state index contributed by atoms with van der Waals surface area (Å²) in [7, 11) is 0. The van der Waals surface area contributed by atoms with Crippen LogP contribution in [0.3, 0.4) is 0 Å². The molecule has 0 bridgehead atoms. The second-order valence-corrected chi connectivity index (χ2v) is 6.04. The van der Waals surface area contributed by atoms with Gasteiger partial charge in [0.15, 0.2) is 0 Å². The molecule has 3 heteroatoms. The second-order valence-electron chi connectivity index (χ2n) is 6.04. The Labute approximate surface area is 125 Å². The molecule has 1 unspecified atom stereocenters. The number of benzene rings is 2. The van der Waals surface area contributed by atoms with Crippen molar-refractivity contribution in [1.82, 2.24) is 10.6 Å². The lowest BCUT2D eigenvalue weighted by Gasteiger charge is -2.20. The minimum atomic E-state index is 0.0244. The summed E-state index contributed by atoms with van der Waals surface area (Å²) in [5.74, 6) is 0.653. The number of rotatable bonds is 3. The van der Waals surface area contributed by atoms with E-state index in [1.807, 2.05) is 12.1 Å². The Hall–Kier alpha value is -1.87. The number of nitrogens with one attached hydrogen (secondary N) is 2. The van der Waals surface area contributed by atoms with Crippen molar-refractivity contribution in [3.05, 3.63) is 48.0 Å². The van der Waals surface area contributed by atoms with E-state index in [0.29, 0.717) is 5.92 Å². The Morgan fingerprint density at radius 1 is 1.19 bits per heavy atom. The molecular formula is C18H22N2O. The third-order valence-electron chi connectivity index (χ3n) is 4.50. The number of hydrogen-bond donors (Lipinski definition) is 2. The first-order chi connectivity index (χ1) is 10.2. The quantitative estimate of drug-likeness (QED) is 0.909. The number of carbonyl (C=O) groups excluding carboxylic acids is 1. The fourth-order valence-corrected chi connectivity index (χ4v) is 3.19. The first-order valence-electron chi connectivity index (χ1n) is 7.65. The van der Waals surface area contributed by atoms with Crippen molar-refractivity contribution < 1.29 is 4.79 Å². The first-order valence-corrected chi connectivity index (χ1v) is 7.65. The van der Waals surface area contributed by atoms with Gasteiger partial charge in [-0.05, 0) is 35.7 Å². The standard InChI is InChI=1S/C18H22N2O/c1-12-10-19-11-17(12)18(21)20-13(2)15-9-5-7-14-6-3-4-8-16(14)15/h3-9,12-13,17,19H,10-11H2,1-2H3,(H,20,21)/t12-,13?,17-/m1/s1. The molecule has 0 aliphatic carbocycles. The molecule has 1 aliphatic heterocycles. The van der Waals surface area contributed by atoms with Gasteiger partial charge in [0.25, 0.3) is 0 Å². The minimum Gasteiger partial charge on any atom is -0.349 e. The highest BCUT2D eigenvalue weighted by atomic mass is 16.2. The van der Waals surface area contributed by atoms with Crippen LogP contribution in [0.4, 0.5) is 0 Å². The van der Waals surface area contributed by atoms with E-state index in [2.05, 4.69) is 54.8 Å². The topological polar surface area (TPSA) is 41.1 Å². The monoisotopic (exact) mass is 282 g/mol. The van der Waals surface area contributed by atoms with Gasteiger partial charge >= 0.3 is 0 Å². The molecule has 3 rings (SSSR count). The van der Waals surface area contributed by atoms with Gasteiger partial charge < -0.3 is 10.6 Å². The van der Waals surface area contributed by atoms with Gasteiger partial charge in [0.2, 0.25) is 5.91 Å². The summed E-state index contributed by atoms with van der Waals surface area (Å²) in [4.78, 5) is 12.4. The van der Waals surface area contributed by atoms with Gasteiger partial charge in [-0.3, -0.25) is 4.79 Å². The minimum absolute atomic E-state index is 0.0244. The third kappa shape index (κ3) is 2.79. The molecule has 2 aromatic carbocycles. The smallest absolute Gasteiger partial charge is 0.225 e. The highest BCUT2D eigenvalue weighted by molar-refractivity contribution is 5.87. The van der Waals surface area contributed by atoms with E-state index in [1.165, 1.54) is 16.3 Å². The van der Waals surface area contributed by atoms with E-state index in [9.17, 15) is 4.79 Å². The van der Waals surface area contributed by atoms with Crippen LogP contribution in [0, 0.1) is 11.8 Å². The van der Waals surface area contributed by atoms with Gasteiger partial charge in [0.1, 0.15) is 0 Å². The van der Waals surface area contributed by atoms with Gasteiger partial charge in [-0.25, -0.2) is 0 Å². The van der Waals surface area contributed by atoms with Crippen molar-refractivity contribution in [3.8, 4) is 0 Å². The molecule has 0 spiro atoms. The van der Waals surface area contributed by atoms with Crippen LogP contribution >= 0.6 is 0 Å². The molecule has 0 aromatic heterocycles. The molecule has 0 radical (unpaired) electrons. The number of hydrogen-bond acceptors (Lipinski definition) is 2. The molecule has 1 aliphatic rings. The molecule has 3 nitrogen and oxygen atoms in total. The van der Waals surface area contributed by atoms with Crippen molar-refractivity contribution in [2.24, 2.45) is 11.8 Å². The molecule has 2 N–H and O–H groups in total. The highest BCUT2D eigenvalue weighted by Crippen LogP contribution is 2.25. The van der Waals surface area contributed by atoms with Crippen molar-refractivity contribution in [3.63, 3.8) is 0 Å².